The molecular formula is C9H15FN2. The van der Waals surface area contributed by atoms with Crippen LogP contribution in [0.2, 0.25) is 0 Å². The van der Waals surface area contributed by atoms with Gasteiger partial charge in [0.2, 0.25) is 5.95 Å². The summed E-state index contributed by atoms with van der Waals surface area (Å²) < 4.78 is 14.8. The highest BCUT2D eigenvalue weighted by molar-refractivity contribution is 5.17. The van der Waals surface area contributed by atoms with E-state index in [4.69, 9.17) is 0 Å². The summed E-state index contributed by atoms with van der Waals surface area (Å²) in [6, 6.07) is 0. The zero-order chi connectivity index (χ0) is 9.35. The Kier molecular flexibility index (Phi) is 2.22. The predicted octanol–water partition coefficient (Wildman–Crippen LogP) is 2.34. The fraction of sp³-hybridized carbons (Fsp3) is 0.667. The first kappa shape index (κ1) is 9.23. The molecule has 0 saturated heterocycles. The number of rotatable bonds is 1. The zero-order valence-electron chi connectivity index (χ0n) is 8.06. The fourth-order valence-electron chi connectivity index (χ4n) is 1.09. The van der Waals surface area contributed by atoms with E-state index >= 15 is 0 Å². The molecule has 0 aliphatic carbocycles. The second-order valence-corrected chi connectivity index (χ2v) is 3.91. The van der Waals surface area contributed by atoms with Gasteiger partial charge in [0, 0.05) is 12.1 Å². The van der Waals surface area contributed by atoms with Crippen molar-refractivity contribution in [3.8, 4) is 0 Å². The summed E-state index contributed by atoms with van der Waals surface area (Å²) in [7, 11) is 0. The molecule has 1 heterocycles. The van der Waals surface area contributed by atoms with Crippen molar-refractivity contribution in [3.05, 3.63) is 17.7 Å². The molecule has 0 amide bonds. The van der Waals surface area contributed by atoms with Crippen molar-refractivity contribution in [3.63, 3.8) is 0 Å². The normalized spacial score (nSPS) is 12.1. The Balaban J connectivity index is 3.11. The molecular weight excluding hydrogens is 155 g/mol. The average molecular weight is 170 g/mol. The first-order valence-electron chi connectivity index (χ1n) is 4.18. The Hall–Kier alpha value is -0.860. The maximum atomic E-state index is 13.4. The molecule has 0 N–H and O–H groups in total. The molecule has 12 heavy (non-hydrogen) atoms. The molecule has 0 atom stereocenters. The van der Waals surface area contributed by atoms with Crippen LogP contribution >= 0.6 is 0 Å². The van der Waals surface area contributed by atoms with E-state index in [0.29, 0.717) is 12.1 Å². The van der Waals surface area contributed by atoms with Gasteiger partial charge in [-0.25, -0.2) is 4.68 Å². The molecule has 0 bridgehead atoms. The molecule has 3 heteroatoms. The largest absolute Gasteiger partial charge is 0.240 e. The standard InChI is InChI=1S/C9H15FN2/c1-5-12-8(10)7(6-11-12)9(2,3)4/h6H,5H2,1-4H3. The minimum absolute atomic E-state index is 0.155. The number of aryl methyl sites for hydroxylation is 1. The molecule has 0 radical (unpaired) electrons. The molecule has 68 valence electrons. The fourth-order valence-corrected chi connectivity index (χ4v) is 1.09. The van der Waals surface area contributed by atoms with Crippen molar-refractivity contribution in [1.29, 1.82) is 0 Å². The van der Waals surface area contributed by atoms with Gasteiger partial charge < -0.3 is 0 Å². The molecule has 1 aromatic rings. The molecule has 0 saturated carbocycles. The van der Waals surface area contributed by atoms with Gasteiger partial charge in [0.25, 0.3) is 0 Å². The zero-order valence-corrected chi connectivity index (χ0v) is 8.06. The van der Waals surface area contributed by atoms with Crippen LogP contribution in [0.4, 0.5) is 4.39 Å². The summed E-state index contributed by atoms with van der Waals surface area (Å²) in [5, 5.41) is 3.94. The highest BCUT2D eigenvalue weighted by Crippen LogP contribution is 2.24. The van der Waals surface area contributed by atoms with Gasteiger partial charge in [0.05, 0.1) is 6.20 Å². The van der Waals surface area contributed by atoms with Gasteiger partial charge in [-0.1, -0.05) is 20.8 Å². The second-order valence-electron chi connectivity index (χ2n) is 3.91. The summed E-state index contributed by atoms with van der Waals surface area (Å²) in [5.74, 6) is -0.204. The van der Waals surface area contributed by atoms with Crippen LogP contribution in [0.5, 0.6) is 0 Å². The predicted molar refractivity (Wildman–Crippen MR) is 46.6 cm³/mol. The first-order valence-corrected chi connectivity index (χ1v) is 4.18. The van der Waals surface area contributed by atoms with E-state index in [1.807, 2.05) is 27.7 Å². The van der Waals surface area contributed by atoms with E-state index in [1.54, 1.807) is 6.20 Å². The van der Waals surface area contributed by atoms with Gasteiger partial charge in [0.15, 0.2) is 0 Å². The van der Waals surface area contributed by atoms with Gasteiger partial charge in [-0.15, -0.1) is 0 Å². The first-order chi connectivity index (χ1) is 5.46. The molecule has 1 rings (SSSR count). The van der Waals surface area contributed by atoms with Crippen molar-refractivity contribution in [2.24, 2.45) is 0 Å². The van der Waals surface area contributed by atoms with Crippen LogP contribution in [-0.4, -0.2) is 9.78 Å². The number of hydrogen-bond donors (Lipinski definition) is 0. The SMILES string of the molecule is CCn1ncc(C(C)(C)C)c1F. The smallest absolute Gasteiger partial charge is 0.215 e. The highest BCUT2D eigenvalue weighted by Gasteiger charge is 2.21. The highest BCUT2D eigenvalue weighted by atomic mass is 19.1. The van der Waals surface area contributed by atoms with E-state index < -0.39 is 0 Å². The van der Waals surface area contributed by atoms with Crippen LogP contribution < -0.4 is 0 Å². The van der Waals surface area contributed by atoms with Gasteiger partial charge in [-0.3, -0.25) is 0 Å². The van der Waals surface area contributed by atoms with Crippen LogP contribution in [-0.2, 0) is 12.0 Å². The molecule has 2 nitrogen and oxygen atoms in total. The van der Waals surface area contributed by atoms with E-state index in [2.05, 4.69) is 5.10 Å². The lowest BCUT2D eigenvalue weighted by Crippen LogP contribution is -2.13. The van der Waals surface area contributed by atoms with Crippen LogP contribution in [0.25, 0.3) is 0 Å². The molecule has 0 aromatic carbocycles. The van der Waals surface area contributed by atoms with Crippen molar-refractivity contribution >= 4 is 0 Å². The molecule has 0 aliphatic rings. The third-order valence-corrected chi connectivity index (χ3v) is 1.88. The molecule has 0 spiro atoms. The van der Waals surface area contributed by atoms with Crippen molar-refractivity contribution in [1.82, 2.24) is 9.78 Å². The Morgan fingerprint density at radius 2 is 2.08 bits per heavy atom. The average Bonchev–Trinajstić information content (AvgIpc) is 2.29. The molecule has 0 unspecified atom stereocenters. The summed E-state index contributed by atoms with van der Waals surface area (Å²) >= 11 is 0. The Bertz CT molecular complexity index is 271. The minimum atomic E-state index is -0.204. The van der Waals surface area contributed by atoms with E-state index in [0.717, 1.165) is 0 Å². The second kappa shape index (κ2) is 2.88. The molecule has 0 aliphatic heterocycles. The van der Waals surface area contributed by atoms with E-state index in [1.165, 1.54) is 4.68 Å². The van der Waals surface area contributed by atoms with Gasteiger partial charge in [0.1, 0.15) is 0 Å². The van der Waals surface area contributed by atoms with Crippen molar-refractivity contribution < 1.29 is 4.39 Å². The number of nitrogens with zero attached hydrogens (tertiary/aromatic N) is 2. The van der Waals surface area contributed by atoms with Gasteiger partial charge >= 0.3 is 0 Å². The summed E-state index contributed by atoms with van der Waals surface area (Å²) in [4.78, 5) is 0. The van der Waals surface area contributed by atoms with Crippen LogP contribution in [0.1, 0.15) is 33.3 Å². The lowest BCUT2D eigenvalue weighted by molar-refractivity contribution is 0.442. The quantitative estimate of drug-likeness (QED) is 0.632. The van der Waals surface area contributed by atoms with Gasteiger partial charge in [-0.2, -0.15) is 9.49 Å². The number of hydrogen-bond acceptors (Lipinski definition) is 1. The topological polar surface area (TPSA) is 17.8 Å². The summed E-state index contributed by atoms with van der Waals surface area (Å²) in [6.07, 6.45) is 1.61. The Morgan fingerprint density at radius 3 is 2.33 bits per heavy atom. The van der Waals surface area contributed by atoms with E-state index in [9.17, 15) is 4.39 Å². The summed E-state index contributed by atoms with van der Waals surface area (Å²) in [5.41, 5.74) is 0.529. The van der Waals surface area contributed by atoms with Crippen molar-refractivity contribution in [2.45, 2.75) is 39.7 Å². The molecule has 0 fully saturated rings. The lowest BCUT2D eigenvalue weighted by Gasteiger charge is -2.15. The third-order valence-electron chi connectivity index (χ3n) is 1.88. The van der Waals surface area contributed by atoms with Crippen LogP contribution in [0, 0.1) is 5.95 Å². The lowest BCUT2D eigenvalue weighted by atomic mass is 9.89. The molecule has 1 aromatic heterocycles. The van der Waals surface area contributed by atoms with Crippen LogP contribution in [0.15, 0.2) is 6.20 Å². The maximum absolute atomic E-state index is 13.4. The van der Waals surface area contributed by atoms with E-state index in [-0.39, 0.29) is 11.4 Å². The van der Waals surface area contributed by atoms with Gasteiger partial charge in [-0.05, 0) is 12.3 Å². The number of aromatic nitrogens is 2. The number of halogens is 1. The monoisotopic (exact) mass is 170 g/mol. The minimum Gasteiger partial charge on any atom is -0.240 e. The van der Waals surface area contributed by atoms with Crippen LogP contribution in [0.3, 0.4) is 0 Å². The summed E-state index contributed by atoms with van der Waals surface area (Å²) in [6.45, 7) is 8.40. The Labute approximate surface area is 72.4 Å². The Morgan fingerprint density at radius 1 is 1.50 bits per heavy atom. The van der Waals surface area contributed by atoms with Crippen molar-refractivity contribution in [2.75, 3.05) is 0 Å². The third kappa shape index (κ3) is 1.49. The maximum Gasteiger partial charge on any atom is 0.215 e.